The van der Waals surface area contributed by atoms with Crippen LogP contribution in [0.2, 0.25) is 0 Å². The van der Waals surface area contributed by atoms with Crippen LogP contribution in [0.1, 0.15) is 82.6 Å². The molecule has 5 aliphatic rings. The molecule has 4 heteroatoms. The van der Waals surface area contributed by atoms with Crippen LogP contribution >= 0.6 is 0 Å². The van der Waals surface area contributed by atoms with E-state index in [1.807, 2.05) is 6.08 Å². The summed E-state index contributed by atoms with van der Waals surface area (Å²) in [5.74, 6) is 1.20. The molecule has 3 fully saturated rings. The molecule has 1 N–H and O–H groups in total. The maximum Gasteiger partial charge on any atom is 0.156 e. The fourth-order valence-corrected chi connectivity index (χ4v) is 8.22. The van der Waals surface area contributed by atoms with Gasteiger partial charge in [0.1, 0.15) is 0 Å². The second kappa shape index (κ2) is 8.09. The number of allylic oxidation sites excluding steroid dienone is 4. The lowest BCUT2D eigenvalue weighted by Gasteiger charge is -2.53. The van der Waals surface area contributed by atoms with E-state index < -0.39 is 11.0 Å². The summed E-state index contributed by atoms with van der Waals surface area (Å²) < 4.78 is 0. The molecule has 2 saturated carbocycles. The van der Waals surface area contributed by atoms with Crippen molar-refractivity contribution in [3.63, 3.8) is 0 Å². The van der Waals surface area contributed by atoms with E-state index in [2.05, 4.69) is 42.2 Å². The number of hydrogen-bond acceptors (Lipinski definition) is 4. The minimum absolute atomic E-state index is 0.200. The van der Waals surface area contributed by atoms with Gasteiger partial charge in [0.25, 0.3) is 0 Å². The van der Waals surface area contributed by atoms with Crippen molar-refractivity contribution >= 4 is 11.5 Å². The molecule has 1 saturated heterocycles. The largest absolute Gasteiger partial charge is 0.375 e. The lowest BCUT2D eigenvalue weighted by molar-refractivity contribution is -0.114. The molecular weight excluding hydrogens is 420 g/mol. The van der Waals surface area contributed by atoms with Crippen molar-refractivity contribution in [3.05, 3.63) is 52.6 Å². The third-order valence-corrected chi connectivity index (χ3v) is 10.1. The third-order valence-electron chi connectivity index (χ3n) is 10.1. The van der Waals surface area contributed by atoms with E-state index in [1.165, 1.54) is 47.2 Å². The normalized spacial score (nSPS) is 37.4. The molecule has 0 spiro atoms. The van der Waals surface area contributed by atoms with Crippen LogP contribution in [0.4, 0.5) is 5.69 Å². The van der Waals surface area contributed by atoms with Crippen molar-refractivity contribution in [2.75, 3.05) is 18.0 Å². The average Bonchev–Trinajstić information content (AvgIpc) is 3.14. The van der Waals surface area contributed by atoms with Crippen LogP contribution in [0, 0.1) is 28.6 Å². The van der Waals surface area contributed by atoms with Crippen LogP contribution in [0.15, 0.2) is 47.1 Å². The maximum atomic E-state index is 12.2. The monoisotopic (exact) mass is 456 g/mol. The number of ketones is 1. The Hall–Kier alpha value is -2.38. The minimum atomic E-state index is -1.25. The Bertz CT molecular complexity index is 1100. The first kappa shape index (κ1) is 22.1. The number of benzene rings is 1. The second-order valence-electron chi connectivity index (χ2n) is 11.6. The van der Waals surface area contributed by atoms with Gasteiger partial charge < -0.3 is 10.0 Å². The number of aliphatic hydroxyl groups is 1. The zero-order valence-electron chi connectivity index (χ0n) is 20.4. The number of anilines is 1. The van der Waals surface area contributed by atoms with Crippen molar-refractivity contribution in [1.82, 2.24) is 0 Å². The molecule has 0 bridgehead atoms. The molecule has 1 heterocycles. The highest BCUT2D eigenvalue weighted by Gasteiger charge is 2.63. The summed E-state index contributed by atoms with van der Waals surface area (Å²) in [7, 11) is 0. The van der Waals surface area contributed by atoms with Gasteiger partial charge in [-0.05, 0) is 105 Å². The van der Waals surface area contributed by atoms with Crippen molar-refractivity contribution in [1.29, 1.82) is 5.26 Å². The Labute approximate surface area is 203 Å². The summed E-state index contributed by atoms with van der Waals surface area (Å²) in [6.07, 6.45) is 11.5. The van der Waals surface area contributed by atoms with Gasteiger partial charge in [-0.3, -0.25) is 4.79 Å². The molecule has 4 nitrogen and oxygen atoms in total. The van der Waals surface area contributed by atoms with Gasteiger partial charge >= 0.3 is 0 Å². The summed E-state index contributed by atoms with van der Waals surface area (Å²) in [5, 5.41) is 21.5. The highest BCUT2D eigenvalue weighted by molar-refractivity contribution is 5.93. The molecule has 4 aliphatic carbocycles. The molecule has 1 aromatic carbocycles. The van der Waals surface area contributed by atoms with Gasteiger partial charge in [-0.15, -0.1) is 0 Å². The fraction of sp³-hybridized carbons (Fsp3) is 0.600. The van der Waals surface area contributed by atoms with E-state index in [9.17, 15) is 15.2 Å². The quantitative estimate of drug-likeness (QED) is 0.569. The summed E-state index contributed by atoms with van der Waals surface area (Å²) in [6, 6.07) is 11.5. The van der Waals surface area contributed by atoms with E-state index >= 15 is 0 Å². The predicted octanol–water partition coefficient (Wildman–Crippen LogP) is 5.83. The Kier molecular flexibility index (Phi) is 5.26. The molecule has 0 radical (unpaired) electrons. The Morgan fingerprint density at radius 3 is 2.56 bits per heavy atom. The van der Waals surface area contributed by atoms with Crippen molar-refractivity contribution in [3.8, 4) is 6.07 Å². The van der Waals surface area contributed by atoms with Gasteiger partial charge in [0.15, 0.2) is 11.4 Å². The fourth-order valence-electron chi connectivity index (χ4n) is 8.22. The predicted molar refractivity (Wildman–Crippen MR) is 133 cm³/mol. The lowest BCUT2D eigenvalue weighted by Crippen LogP contribution is -2.50. The van der Waals surface area contributed by atoms with E-state index in [0.717, 1.165) is 45.2 Å². The third kappa shape index (κ3) is 3.23. The van der Waals surface area contributed by atoms with Gasteiger partial charge in [-0.25, -0.2) is 0 Å². The zero-order valence-corrected chi connectivity index (χ0v) is 20.4. The van der Waals surface area contributed by atoms with Crippen LogP contribution in [-0.2, 0) is 4.79 Å². The first-order valence-electron chi connectivity index (χ1n) is 13.4. The molecule has 34 heavy (non-hydrogen) atoms. The first-order chi connectivity index (χ1) is 16.4. The first-order valence-corrected chi connectivity index (χ1v) is 13.4. The summed E-state index contributed by atoms with van der Waals surface area (Å²) in [5.41, 5.74) is 5.17. The molecule has 1 aromatic rings. The molecule has 178 valence electrons. The topological polar surface area (TPSA) is 64.3 Å². The number of fused-ring (bicyclic) bond motifs is 4. The van der Waals surface area contributed by atoms with Gasteiger partial charge in [-0.1, -0.05) is 24.6 Å². The van der Waals surface area contributed by atoms with Crippen LogP contribution < -0.4 is 4.90 Å². The number of rotatable bonds is 2. The lowest BCUT2D eigenvalue weighted by atomic mass is 9.51. The van der Waals surface area contributed by atoms with E-state index in [-0.39, 0.29) is 11.7 Å². The Morgan fingerprint density at radius 2 is 1.82 bits per heavy atom. The number of nitrogens with zero attached hydrogens (tertiary/aromatic N) is 2. The van der Waals surface area contributed by atoms with E-state index in [0.29, 0.717) is 24.7 Å². The smallest absolute Gasteiger partial charge is 0.156 e. The molecule has 0 aromatic heterocycles. The van der Waals surface area contributed by atoms with Gasteiger partial charge in [0.2, 0.25) is 0 Å². The number of carbonyl (C=O) groups is 1. The highest BCUT2D eigenvalue weighted by Crippen LogP contribution is 2.66. The van der Waals surface area contributed by atoms with Gasteiger partial charge in [-0.2, -0.15) is 5.26 Å². The zero-order chi connectivity index (χ0) is 23.5. The average molecular weight is 457 g/mol. The van der Waals surface area contributed by atoms with Crippen molar-refractivity contribution < 1.29 is 9.90 Å². The molecule has 1 aliphatic heterocycles. The molecule has 0 unspecified atom stereocenters. The Balaban J connectivity index is 1.44. The number of carbonyl (C=O) groups excluding carboxylic acids is 1. The number of hydrogen-bond donors (Lipinski definition) is 1. The van der Waals surface area contributed by atoms with Gasteiger partial charge in [0, 0.05) is 36.5 Å². The van der Waals surface area contributed by atoms with Crippen LogP contribution in [0.25, 0.3) is 0 Å². The SMILES string of the molecule is C[C@]12C[C@H](c3ccc(N4CCCCC4)cc3)C3=C4CCC(=O)C=C4CC[C@H]3[C@@H]1CC[C@]2(O)C#N. The van der Waals surface area contributed by atoms with Crippen molar-refractivity contribution in [2.24, 2.45) is 17.3 Å². The molecule has 5 atom stereocenters. The molecule has 0 amide bonds. The van der Waals surface area contributed by atoms with Crippen molar-refractivity contribution in [2.45, 2.75) is 82.7 Å². The van der Waals surface area contributed by atoms with Crippen LogP contribution in [0.3, 0.4) is 0 Å². The highest BCUT2D eigenvalue weighted by atomic mass is 16.3. The van der Waals surface area contributed by atoms with Gasteiger partial charge in [0.05, 0.1) is 6.07 Å². The number of piperidine rings is 1. The Morgan fingerprint density at radius 1 is 1.06 bits per heavy atom. The van der Waals surface area contributed by atoms with E-state index in [1.54, 1.807) is 0 Å². The maximum absolute atomic E-state index is 12.2. The standard InChI is InChI=1S/C30H36N2O2/c1-29-18-26(20-5-8-22(9-6-20)32-15-3-2-4-16-32)28-24-12-10-23(33)17-21(24)7-11-25(28)27(29)13-14-30(29,34)19-31/h5-6,8-9,17,25-27,34H,2-4,7,10-16,18H2,1H3/t25-,26+,27-,29-,30-/m0/s1. The minimum Gasteiger partial charge on any atom is -0.375 e. The second-order valence-corrected chi connectivity index (χ2v) is 11.6. The summed E-state index contributed by atoms with van der Waals surface area (Å²) in [6.45, 7) is 4.45. The van der Waals surface area contributed by atoms with E-state index in [4.69, 9.17) is 0 Å². The van der Waals surface area contributed by atoms with Crippen LogP contribution in [0.5, 0.6) is 0 Å². The summed E-state index contributed by atoms with van der Waals surface area (Å²) >= 11 is 0. The van der Waals surface area contributed by atoms with Crippen LogP contribution in [-0.4, -0.2) is 29.6 Å². The summed E-state index contributed by atoms with van der Waals surface area (Å²) in [4.78, 5) is 14.7. The molecule has 6 rings (SSSR count). The number of nitriles is 1. The molecular formula is C30H36N2O2.